The summed E-state index contributed by atoms with van der Waals surface area (Å²) < 4.78 is 5.43. The molecule has 2 N–H and O–H groups in total. The summed E-state index contributed by atoms with van der Waals surface area (Å²) in [5.74, 6) is -0.0951. The highest BCUT2D eigenvalue weighted by molar-refractivity contribution is 6.30. The Balaban J connectivity index is 2.00. The number of hydrogen-bond acceptors (Lipinski definition) is 4. The minimum absolute atomic E-state index is 0.213. The molecule has 0 aliphatic carbocycles. The third-order valence-electron chi connectivity index (χ3n) is 3.43. The first-order valence-corrected chi connectivity index (χ1v) is 7.62. The molecule has 0 spiro atoms. The number of aryl methyl sites for hydroxylation is 1. The number of carbonyl (C=O) groups excluding carboxylic acids is 1. The van der Waals surface area contributed by atoms with Gasteiger partial charge in [0.15, 0.2) is 5.60 Å². The van der Waals surface area contributed by atoms with Crippen LogP contribution in [0.5, 0.6) is 5.75 Å². The zero-order chi connectivity index (χ0) is 17.7. The van der Waals surface area contributed by atoms with Gasteiger partial charge >= 0.3 is 0 Å². The monoisotopic (exact) mass is 344 g/mol. The largest absolute Gasteiger partial charge is 0.490 e. The first-order chi connectivity index (χ1) is 11.3. The molecule has 0 bridgehead atoms. The van der Waals surface area contributed by atoms with Gasteiger partial charge in [-0.05, 0) is 61.9 Å². The Labute approximate surface area is 145 Å². The summed E-state index contributed by atoms with van der Waals surface area (Å²) in [6.45, 7) is 2.93. The summed E-state index contributed by atoms with van der Waals surface area (Å²) in [7, 11) is 0. The number of nitrogens with one attached hydrogen (secondary N) is 1. The van der Waals surface area contributed by atoms with Gasteiger partial charge in [-0.1, -0.05) is 11.6 Å². The van der Waals surface area contributed by atoms with Gasteiger partial charge in [-0.3, -0.25) is 4.79 Å². The summed E-state index contributed by atoms with van der Waals surface area (Å²) in [6.07, 6.45) is 0. The molecule has 0 aromatic heterocycles. The second-order valence-corrected chi connectivity index (χ2v) is 6.05. The predicted octanol–water partition coefficient (Wildman–Crippen LogP) is 3.29. The molecule has 1 amide bonds. The molecule has 1 atom stereocenters. The number of nitrogens with zero attached hydrogens (tertiary/aromatic N) is 1. The third-order valence-corrected chi connectivity index (χ3v) is 3.68. The molecular weight excluding hydrogens is 328 g/mol. The Bertz CT molecular complexity index is 780. The predicted molar refractivity (Wildman–Crippen MR) is 92.1 cm³/mol. The quantitative estimate of drug-likeness (QED) is 0.872. The Morgan fingerprint density at radius 2 is 2.00 bits per heavy atom. The van der Waals surface area contributed by atoms with Gasteiger partial charge in [0.25, 0.3) is 5.91 Å². The molecule has 2 aromatic rings. The molecule has 124 valence electrons. The van der Waals surface area contributed by atoms with E-state index in [0.717, 1.165) is 5.56 Å². The second kappa shape index (κ2) is 7.35. The zero-order valence-electron chi connectivity index (χ0n) is 13.3. The lowest BCUT2D eigenvalue weighted by molar-refractivity contribution is -0.135. The summed E-state index contributed by atoms with van der Waals surface area (Å²) in [5, 5.41) is 22.4. The van der Waals surface area contributed by atoms with Crippen LogP contribution in [0.25, 0.3) is 0 Å². The first kappa shape index (κ1) is 17.8. The summed E-state index contributed by atoms with van der Waals surface area (Å²) in [4.78, 5) is 12.2. The highest BCUT2D eigenvalue weighted by Crippen LogP contribution is 2.19. The van der Waals surface area contributed by atoms with E-state index < -0.39 is 11.5 Å². The topological polar surface area (TPSA) is 82.3 Å². The highest BCUT2D eigenvalue weighted by atomic mass is 35.5. The number of aliphatic hydroxyl groups is 1. The number of rotatable bonds is 5. The van der Waals surface area contributed by atoms with E-state index in [0.29, 0.717) is 22.0 Å². The third kappa shape index (κ3) is 4.48. The number of amides is 1. The van der Waals surface area contributed by atoms with Crippen molar-refractivity contribution in [3.05, 3.63) is 58.6 Å². The zero-order valence-corrected chi connectivity index (χ0v) is 14.1. The van der Waals surface area contributed by atoms with Gasteiger partial charge in [-0.15, -0.1) is 0 Å². The number of hydrogen-bond donors (Lipinski definition) is 2. The van der Waals surface area contributed by atoms with Gasteiger partial charge in [-0.2, -0.15) is 5.26 Å². The van der Waals surface area contributed by atoms with Crippen LogP contribution in [0.15, 0.2) is 42.5 Å². The van der Waals surface area contributed by atoms with E-state index in [2.05, 4.69) is 11.4 Å². The maximum atomic E-state index is 12.2. The Kier molecular flexibility index (Phi) is 5.45. The maximum Gasteiger partial charge on any atom is 0.259 e. The minimum atomic E-state index is -1.72. The van der Waals surface area contributed by atoms with Gasteiger partial charge in [0.1, 0.15) is 12.4 Å². The van der Waals surface area contributed by atoms with Gasteiger partial charge in [0.05, 0.1) is 11.6 Å². The summed E-state index contributed by atoms with van der Waals surface area (Å²) in [6, 6.07) is 13.6. The van der Waals surface area contributed by atoms with Crippen molar-refractivity contribution in [2.45, 2.75) is 19.4 Å². The van der Waals surface area contributed by atoms with Crippen LogP contribution in [0.1, 0.15) is 18.1 Å². The molecule has 0 saturated heterocycles. The number of anilines is 1. The van der Waals surface area contributed by atoms with E-state index in [1.54, 1.807) is 49.4 Å². The lowest BCUT2D eigenvalue weighted by Gasteiger charge is -2.22. The van der Waals surface area contributed by atoms with Crippen LogP contribution in [0.2, 0.25) is 5.02 Å². The van der Waals surface area contributed by atoms with Crippen LogP contribution in [0.4, 0.5) is 5.69 Å². The van der Waals surface area contributed by atoms with Crippen molar-refractivity contribution in [3.8, 4) is 11.8 Å². The highest BCUT2D eigenvalue weighted by Gasteiger charge is 2.31. The van der Waals surface area contributed by atoms with Crippen LogP contribution in [-0.2, 0) is 4.79 Å². The van der Waals surface area contributed by atoms with Crippen molar-refractivity contribution in [1.29, 1.82) is 5.26 Å². The first-order valence-electron chi connectivity index (χ1n) is 7.25. The van der Waals surface area contributed by atoms with Gasteiger partial charge in [-0.25, -0.2) is 0 Å². The molecule has 0 fully saturated rings. The molecule has 0 aliphatic rings. The number of halogens is 1. The van der Waals surface area contributed by atoms with Crippen molar-refractivity contribution >= 4 is 23.2 Å². The van der Waals surface area contributed by atoms with Crippen LogP contribution in [-0.4, -0.2) is 23.2 Å². The van der Waals surface area contributed by atoms with Gasteiger partial charge in [0, 0.05) is 10.7 Å². The molecule has 0 aliphatic heterocycles. The van der Waals surface area contributed by atoms with E-state index in [4.69, 9.17) is 21.6 Å². The SMILES string of the molecule is Cc1cc(NC(=O)[C@](C)(O)COc2ccc(Cl)cc2)ccc1C#N. The van der Waals surface area contributed by atoms with Crippen molar-refractivity contribution in [1.82, 2.24) is 0 Å². The van der Waals surface area contributed by atoms with Crippen molar-refractivity contribution in [3.63, 3.8) is 0 Å². The molecular formula is C18H17ClN2O3. The lowest BCUT2D eigenvalue weighted by Crippen LogP contribution is -2.45. The average molecular weight is 345 g/mol. The van der Waals surface area contributed by atoms with Crippen LogP contribution in [0.3, 0.4) is 0 Å². The fraction of sp³-hybridized carbons (Fsp3) is 0.222. The van der Waals surface area contributed by atoms with Crippen LogP contribution < -0.4 is 10.1 Å². The van der Waals surface area contributed by atoms with E-state index in [1.165, 1.54) is 6.92 Å². The molecule has 0 heterocycles. The summed E-state index contributed by atoms with van der Waals surface area (Å²) >= 11 is 5.79. The Morgan fingerprint density at radius 1 is 1.33 bits per heavy atom. The van der Waals surface area contributed by atoms with E-state index in [-0.39, 0.29) is 6.61 Å². The Morgan fingerprint density at radius 3 is 2.58 bits per heavy atom. The van der Waals surface area contributed by atoms with E-state index in [1.807, 2.05) is 0 Å². The fourth-order valence-electron chi connectivity index (χ4n) is 1.95. The summed E-state index contributed by atoms with van der Waals surface area (Å²) in [5.41, 5.74) is 0.0583. The fourth-order valence-corrected chi connectivity index (χ4v) is 2.08. The van der Waals surface area contributed by atoms with Gasteiger partial charge in [0.2, 0.25) is 0 Å². The normalized spacial score (nSPS) is 12.8. The molecule has 2 rings (SSSR count). The molecule has 24 heavy (non-hydrogen) atoms. The molecule has 2 aromatic carbocycles. The molecule has 5 nitrogen and oxygen atoms in total. The van der Waals surface area contributed by atoms with Crippen molar-refractivity contribution in [2.75, 3.05) is 11.9 Å². The average Bonchev–Trinajstić information content (AvgIpc) is 2.54. The second-order valence-electron chi connectivity index (χ2n) is 5.61. The molecule has 0 saturated carbocycles. The number of ether oxygens (including phenoxy) is 1. The van der Waals surface area contributed by atoms with Gasteiger partial charge < -0.3 is 15.2 Å². The molecule has 0 unspecified atom stereocenters. The van der Waals surface area contributed by atoms with Crippen LogP contribution >= 0.6 is 11.6 Å². The number of carbonyl (C=O) groups is 1. The maximum absolute atomic E-state index is 12.2. The standard InChI is InChI=1S/C18H17ClN2O3/c1-12-9-15(6-3-13(12)10-20)21-17(22)18(2,23)11-24-16-7-4-14(19)5-8-16/h3-9,23H,11H2,1-2H3,(H,21,22)/t18-/m1/s1. The Hall–Kier alpha value is -2.55. The minimum Gasteiger partial charge on any atom is -0.490 e. The van der Waals surface area contributed by atoms with Crippen molar-refractivity contribution in [2.24, 2.45) is 0 Å². The number of benzene rings is 2. The number of nitriles is 1. The van der Waals surface area contributed by atoms with Crippen LogP contribution in [0, 0.1) is 18.3 Å². The lowest BCUT2D eigenvalue weighted by atomic mass is 10.1. The van der Waals surface area contributed by atoms with E-state index in [9.17, 15) is 9.90 Å². The molecule has 6 heteroatoms. The smallest absolute Gasteiger partial charge is 0.259 e. The molecule has 0 radical (unpaired) electrons. The van der Waals surface area contributed by atoms with Crippen molar-refractivity contribution < 1.29 is 14.6 Å². The van der Waals surface area contributed by atoms with E-state index >= 15 is 0 Å².